The topological polar surface area (TPSA) is 84.9 Å². The number of benzene rings is 2. The lowest BCUT2D eigenvalue weighted by Crippen LogP contribution is -2.52. The van der Waals surface area contributed by atoms with E-state index in [1.165, 1.54) is 6.08 Å². The van der Waals surface area contributed by atoms with Crippen LogP contribution in [0.15, 0.2) is 78.4 Å². The van der Waals surface area contributed by atoms with Crippen molar-refractivity contribution in [2.24, 2.45) is 0 Å². The van der Waals surface area contributed by atoms with E-state index in [2.05, 4.69) is 51.1 Å². The summed E-state index contributed by atoms with van der Waals surface area (Å²) in [6.45, 7) is 15.4. The number of carboxylic acid groups (broad SMARTS) is 1. The van der Waals surface area contributed by atoms with Crippen molar-refractivity contribution < 1.29 is 22.9 Å². The summed E-state index contributed by atoms with van der Waals surface area (Å²) in [4.78, 5) is 24.8. The van der Waals surface area contributed by atoms with Gasteiger partial charge < -0.3 is 18.7 Å². The Labute approximate surface area is 224 Å². The van der Waals surface area contributed by atoms with Crippen molar-refractivity contribution in [2.45, 2.75) is 58.3 Å². The van der Waals surface area contributed by atoms with Crippen LogP contribution in [0, 0.1) is 0 Å². The van der Waals surface area contributed by atoms with Crippen molar-refractivity contribution in [1.29, 1.82) is 0 Å². The maximum Gasteiger partial charge on any atom is 0.341 e. The van der Waals surface area contributed by atoms with E-state index in [-0.39, 0.29) is 5.57 Å². The standard InChI is InChI=1S/C28H41NO5Si3/c1-35(2,3)33-37(7,34-36(4,5)6)22-14-21-29-27(30)26(28(31)32)20-19-25(23-15-10-8-11-16-23)24-17-12-9-13-18-24/h8-13,15-20H,14,21-22H2,1-7H3,(H,29,30)(H,31,32)/b26-20-. The number of nitrogens with one attached hydrogen (secondary N) is 1. The summed E-state index contributed by atoms with van der Waals surface area (Å²) in [5.41, 5.74) is 2.40. The largest absolute Gasteiger partial charge is 0.477 e. The molecule has 0 aliphatic heterocycles. The first-order valence-electron chi connectivity index (χ1n) is 12.6. The molecule has 0 heterocycles. The van der Waals surface area contributed by atoms with Crippen LogP contribution in [-0.2, 0) is 17.8 Å². The van der Waals surface area contributed by atoms with E-state index in [1.807, 2.05) is 60.7 Å². The van der Waals surface area contributed by atoms with Gasteiger partial charge in [-0.05, 0) is 81.1 Å². The van der Waals surface area contributed by atoms with Crippen LogP contribution >= 0.6 is 0 Å². The second kappa shape index (κ2) is 13.3. The minimum Gasteiger partial charge on any atom is -0.477 e. The fourth-order valence-corrected chi connectivity index (χ4v) is 16.7. The van der Waals surface area contributed by atoms with Gasteiger partial charge in [0.15, 0.2) is 16.6 Å². The zero-order chi connectivity index (χ0) is 27.7. The maximum absolute atomic E-state index is 12.8. The van der Waals surface area contributed by atoms with E-state index in [0.29, 0.717) is 13.0 Å². The van der Waals surface area contributed by atoms with Crippen LogP contribution in [0.25, 0.3) is 5.57 Å². The van der Waals surface area contributed by atoms with Gasteiger partial charge in [0.05, 0.1) is 0 Å². The van der Waals surface area contributed by atoms with Gasteiger partial charge in [-0.2, -0.15) is 0 Å². The third-order valence-corrected chi connectivity index (χ3v) is 14.8. The molecule has 0 saturated carbocycles. The lowest BCUT2D eigenvalue weighted by Gasteiger charge is -2.38. The van der Waals surface area contributed by atoms with E-state index < -0.39 is 37.1 Å². The Morgan fingerprint density at radius 2 is 1.24 bits per heavy atom. The third-order valence-electron chi connectivity index (χ3n) is 5.20. The highest BCUT2D eigenvalue weighted by Gasteiger charge is 2.39. The van der Waals surface area contributed by atoms with Crippen molar-refractivity contribution in [3.8, 4) is 0 Å². The molecule has 37 heavy (non-hydrogen) atoms. The van der Waals surface area contributed by atoms with Crippen molar-refractivity contribution in [3.05, 3.63) is 89.5 Å². The van der Waals surface area contributed by atoms with Gasteiger partial charge in [-0.3, -0.25) is 4.79 Å². The number of hydrogen-bond acceptors (Lipinski definition) is 4. The van der Waals surface area contributed by atoms with Crippen molar-refractivity contribution in [1.82, 2.24) is 5.32 Å². The van der Waals surface area contributed by atoms with E-state index in [4.69, 9.17) is 8.23 Å². The van der Waals surface area contributed by atoms with E-state index >= 15 is 0 Å². The van der Waals surface area contributed by atoms with Crippen LogP contribution in [0.3, 0.4) is 0 Å². The Bertz CT molecular complexity index is 1050. The lowest BCUT2D eigenvalue weighted by atomic mass is 9.97. The zero-order valence-corrected chi connectivity index (χ0v) is 26.1. The van der Waals surface area contributed by atoms with E-state index in [0.717, 1.165) is 22.7 Å². The molecular formula is C28H41NO5Si3. The molecule has 2 aromatic carbocycles. The molecular weight excluding hydrogens is 515 g/mol. The SMILES string of the molecule is C[Si](C)(C)O[Si](C)(CCCNC(=O)/C(=C/C=C(c1ccccc1)c1ccccc1)C(=O)O)O[Si](C)(C)C. The summed E-state index contributed by atoms with van der Waals surface area (Å²) < 4.78 is 13.0. The second-order valence-corrected chi connectivity index (χ2v) is 24.0. The number of allylic oxidation sites excluding steroid dienone is 2. The predicted octanol–water partition coefficient (Wildman–Crippen LogP) is 6.41. The van der Waals surface area contributed by atoms with Crippen LogP contribution in [0.2, 0.25) is 51.9 Å². The molecule has 0 bridgehead atoms. The molecule has 0 unspecified atom stereocenters. The van der Waals surface area contributed by atoms with Crippen LogP contribution in [0.5, 0.6) is 0 Å². The van der Waals surface area contributed by atoms with Crippen molar-refractivity contribution in [3.63, 3.8) is 0 Å². The van der Waals surface area contributed by atoms with Crippen LogP contribution in [0.4, 0.5) is 0 Å². The molecule has 0 aliphatic carbocycles. The molecule has 0 radical (unpaired) electrons. The lowest BCUT2D eigenvalue weighted by molar-refractivity contribution is -0.135. The van der Waals surface area contributed by atoms with E-state index in [1.54, 1.807) is 6.08 Å². The number of carbonyl (C=O) groups is 2. The molecule has 0 fully saturated rings. The molecule has 200 valence electrons. The van der Waals surface area contributed by atoms with Gasteiger partial charge in [0, 0.05) is 6.54 Å². The van der Waals surface area contributed by atoms with Gasteiger partial charge in [-0.25, -0.2) is 4.79 Å². The Morgan fingerprint density at radius 3 is 1.65 bits per heavy atom. The maximum atomic E-state index is 12.8. The van der Waals surface area contributed by atoms with Gasteiger partial charge in [0.2, 0.25) is 0 Å². The molecule has 2 N–H and O–H groups in total. The van der Waals surface area contributed by atoms with Crippen molar-refractivity contribution in [2.75, 3.05) is 6.54 Å². The first kappa shape index (κ1) is 30.7. The summed E-state index contributed by atoms with van der Waals surface area (Å²) in [6, 6.07) is 20.1. The number of carboxylic acids is 1. The number of rotatable bonds is 13. The number of aliphatic carboxylic acids is 1. The van der Waals surface area contributed by atoms with Crippen LogP contribution in [0.1, 0.15) is 17.5 Å². The monoisotopic (exact) mass is 555 g/mol. The molecule has 1 amide bonds. The normalized spacial score (nSPS) is 12.7. The molecule has 6 nitrogen and oxygen atoms in total. The van der Waals surface area contributed by atoms with Gasteiger partial charge >= 0.3 is 14.5 Å². The highest BCUT2D eigenvalue weighted by molar-refractivity contribution is 6.87. The third kappa shape index (κ3) is 11.1. The summed E-state index contributed by atoms with van der Waals surface area (Å²) in [5, 5.41) is 12.5. The Balaban J connectivity index is 2.16. The predicted molar refractivity (Wildman–Crippen MR) is 159 cm³/mol. The van der Waals surface area contributed by atoms with Crippen molar-refractivity contribution >= 4 is 42.6 Å². The van der Waals surface area contributed by atoms with Gasteiger partial charge in [0.25, 0.3) is 5.91 Å². The minimum absolute atomic E-state index is 0.305. The molecule has 0 saturated heterocycles. The number of hydrogen-bond donors (Lipinski definition) is 2. The highest BCUT2D eigenvalue weighted by atomic mass is 28.5. The van der Waals surface area contributed by atoms with Gasteiger partial charge in [-0.15, -0.1) is 0 Å². The molecule has 0 aliphatic rings. The van der Waals surface area contributed by atoms with Gasteiger partial charge in [0.1, 0.15) is 5.57 Å². The Morgan fingerprint density at radius 1 is 0.784 bits per heavy atom. The first-order valence-corrected chi connectivity index (χ1v) is 22.0. The molecule has 0 atom stereocenters. The quantitative estimate of drug-likeness (QED) is 0.0745. The molecule has 9 heteroatoms. The summed E-state index contributed by atoms with van der Waals surface area (Å²) in [7, 11) is -6.03. The van der Waals surface area contributed by atoms with Gasteiger partial charge in [-0.1, -0.05) is 66.7 Å². The molecule has 2 rings (SSSR count). The second-order valence-electron chi connectivity index (χ2n) is 11.1. The Hall–Kier alpha value is -2.57. The fraction of sp³-hybridized carbons (Fsp3) is 0.357. The summed E-state index contributed by atoms with van der Waals surface area (Å²) in [6.07, 6.45) is 3.74. The first-order chi connectivity index (χ1) is 17.2. The number of amides is 1. The average molecular weight is 556 g/mol. The molecule has 0 spiro atoms. The highest BCUT2D eigenvalue weighted by Crippen LogP contribution is 2.26. The molecule has 0 aromatic heterocycles. The van der Waals surface area contributed by atoms with Crippen LogP contribution in [-0.4, -0.2) is 48.7 Å². The number of carbonyl (C=O) groups excluding carboxylic acids is 1. The average Bonchev–Trinajstić information content (AvgIpc) is 2.78. The van der Waals surface area contributed by atoms with E-state index in [9.17, 15) is 14.7 Å². The Kier molecular flexibility index (Phi) is 11.0. The minimum atomic E-state index is -2.41. The smallest absolute Gasteiger partial charge is 0.341 e. The fourth-order valence-electron chi connectivity index (χ4n) is 4.13. The summed E-state index contributed by atoms with van der Waals surface area (Å²) >= 11 is 0. The zero-order valence-electron chi connectivity index (χ0n) is 23.1. The summed E-state index contributed by atoms with van der Waals surface area (Å²) in [5.74, 6) is -1.87. The molecule has 2 aromatic rings. The van der Waals surface area contributed by atoms with Crippen LogP contribution < -0.4 is 5.32 Å².